The van der Waals surface area contributed by atoms with Gasteiger partial charge in [0.25, 0.3) is 5.56 Å². The standard InChI is InChI=1S/C13H11BrN4O3/c14-10-2-1-9(21-10)11-8(7-15)12(19)17-13(16-11)18-3-5-20-6-4-18/h1-2H,3-6H2,(H,16,17,19). The zero-order valence-electron chi connectivity index (χ0n) is 10.9. The lowest BCUT2D eigenvalue weighted by Crippen LogP contribution is -2.38. The van der Waals surface area contributed by atoms with Gasteiger partial charge in [-0.15, -0.1) is 0 Å². The molecule has 108 valence electrons. The molecule has 0 aromatic carbocycles. The maximum atomic E-state index is 12.1. The van der Waals surface area contributed by atoms with E-state index in [1.54, 1.807) is 12.1 Å². The average molecular weight is 351 g/mol. The highest BCUT2D eigenvalue weighted by Crippen LogP contribution is 2.26. The van der Waals surface area contributed by atoms with Gasteiger partial charge < -0.3 is 14.1 Å². The third-order valence-electron chi connectivity index (χ3n) is 3.14. The lowest BCUT2D eigenvalue weighted by molar-refractivity contribution is 0.122. The predicted octanol–water partition coefficient (Wildman–Crippen LogP) is 1.50. The summed E-state index contributed by atoms with van der Waals surface area (Å²) in [7, 11) is 0. The average Bonchev–Trinajstić information content (AvgIpc) is 2.94. The summed E-state index contributed by atoms with van der Waals surface area (Å²) in [6.45, 7) is 2.42. The van der Waals surface area contributed by atoms with Gasteiger partial charge in [-0.3, -0.25) is 9.78 Å². The van der Waals surface area contributed by atoms with Gasteiger partial charge in [0, 0.05) is 13.1 Å². The molecule has 7 nitrogen and oxygen atoms in total. The summed E-state index contributed by atoms with van der Waals surface area (Å²) in [6.07, 6.45) is 0. The minimum Gasteiger partial charge on any atom is -0.448 e. The molecular formula is C13H11BrN4O3. The predicted molar refractivity (Wildman–Crippen MR) is 78.0 cm³/mol. The molecule has 1 aliphatic heterocycles. The van der Waals surface area contributed by atoms with E-state index in [9.17, 15) is 10.1 Å². The molecule has 0 unspecified atom stereocenters. The first-order valence-corrected chi connectivity index (χ1v) is 7.11. The van der Waals surface area contributed by atoms with Crippen molar-refractivity contribution in [2.45, 2.75) is 0 Å². The molecule has 0 radical (unpaired) electrons. The number of rotatable bonds is 2. The van der Waals surface area contributed by atoms with Crippen LogP contribution in [0.15, 0.2) is 26.0 Å². The van der Waals surface area contributed by atoms with Crippen LogP contribution < -0.4 is 10.5 Å². The van der Waals surface area contributed by atoms with Crippen molar-refractivity contribution in [3.63, 3.8) is 0 Å². The summed E-state index contributed by atoms with van der Waals surface area (Å²) >= 11 is 3.20. The molecule has 3 heterocycles. The number of H-pyrrole nitrogens is 1. The van der Waals surface area contributed by atoms with Crippen LogP contribution in [0.2, 0.25) is 0 Å². The number of morpholine rings is 1. The Bertz CT molecular complexity index is 756. The molecule has 0 aliphatic carbocycles. The third kappa shape index (κ3) is 2.70. The summed E-state index contributed by atoms with van der Waals surface area (Å²) in [5.74, 6) is 0.795. The molecule has 0 saturated carbocycles. The number of halogens is 1. The van der Waals surface area contributed by atoms with E-state index < -0.39 is 5.56 Å². The second-order valence-electron chi connectivity index (χ2n) is 4.43. The van der Waals surface area contributed by atoms with E-state index >= 15 is 0 Å². The van der Waals surface area contributed by atoms with E-state index in [1.165, 1.54) is 0 Å². The van der Waals surface area contributed by atoms with Crippen LogP contribution in [-0.2, 0) is 4.74 Å². The number of hydrogen-bond donors (Lipinski definition) is 1. The van der Waals surface area contributed by atoms with Crippen molar-refractivity contribution in [1.82, 2.24) is 9.97 Å². The Morgan fingerprint density at radius 2 is 2.14 bits per heavy atom. The Labute approximate surface area is 128 Å². The third-order valence-corrected chi connectivity index (χ3v) is 3.56. The first kappa shape index (κ1) is 13.9. The number of nitrogens with zero attached hydrogens (tertiary/aromatic N) is 3. The Morgan fingerprint density at radius 1 is 1.38 bits per heavy atom. The maximum Gasteiger partial charge on any atom is 0.271 e. The molecule has 8 heteroatoms. The molecule has 3 rings (SSSR count). The summed E-state index contributed by atoms with van der Waals surface area (Å²) < 4.78 is 11.2. The highest BCUT2D eigenvalue weighted by Gasteiger charge is 2.20. The van der Waals surface area contributed by atoms with Gasteiger partial charge in [0.1, 0.15) is 17.3 Å². The summed E-state index contributed by atoms with van der Waals surface area (Å²) in [6, 6.07) is 5.23. The molecule has 1 N–H and O–H groups in total. The van der Waals surface area contributed by atoms with Crippen LogP contribution in [0.4, 0.5) is 5.95 Å². The fourth-order valence-corrected chi connectivity index (χ4v) is 2.42. The lowest BCUT2D eigenvalue weighted by atomic mass is 10.2. The fourth-order valence-electron chi connectivity index (χ4n) is 2.11. The van der Waals surface area contributed by atoms with Crippen LogP contribution in [0.5, 0.6) is 0 Å². The summed E-state index contributed by atoms with van der Waals surface area (Å²) in [5.41, 5.74) is -0.293. The van der Waals surface area contributed by atoms with Gasteiger partial charge in [-0.05, 0) is 28.1 Å². The Balaban J connectivity index is 2.11. The second-order valence-corrected chi connectivity index (χ2v) is 5.21. The van der Waals surface area contributed by atoms with Crippen molar-refractivity contribution in [3.05, 3.63) is 32.7 Å². The smallest absolute Gasteiger partial charge is 0.271 e. The monoisotopic (exact) mass is 350 g/mol. The fraction of sp³-hybridized carbons (Fsp3) is 0.308. The van der Waals surface area contributed by atoms with E-state index in [1.807, 2.05) is 11.0 Å². The summed E-state index contributed by atoms with van der Waals surface area (Å²) in [5, 5.41) is 9.17. The first-order chi connectivity index (χ1) is 10.2. The van der Waals surface area contributed by atoms with Gasteiger partial charge in [0.05, 0.1) is 13.2 Å². The number of aromatic amines is 1. The number of nitriles is 1. The van der Waals surface area contributed by atoms with Gasteiger partial charge >= 0.3 is 0 Å². The number of furan rings is 1. The second kappa shape index (κ2) is 5.71. The van der Waals surface area contributed by atoms with Crippen LogP contribution in [0.1, 0.15) is 5.56 Å². The van der Waals surface area contributed by atoms with Gasteiger partial charge in [0.2, 0.25) is 5.95 Å². The van der Waals surface area contributed by atoms with Crippen LogP contribution >= 0.6 is 15.9 Å². The zero-order chi connectivity index (χ0) is 14.8. The summed E-state index contributed by atoms with van der Waals surface area (Å²) in [4.78, 5) is 21.0. The highest BCUT2D eigenvalue weighted by molar-refractivity contribution is 9.10. The number of hydrogen-bond acceptors (Lipinski definition) is 6. The van der Waals surface area contributed by atoms with E-state index in [4.69, 9.17) is 9.15 Å². The van der Waals surface area contributed by atoms with E-state index in [-0.39, 0.29) is 11.3 Å². The molecule has 0 spiro atoms. The number of nitrogens with one attached hydrogen (secondary N) is 1. The quantitative estimate of drug-likeness (QED) is 0.881. The Kier molecular flexibility index (Phi) is 3.77. The number of ether oxygens (including phenoxy) is 1. The molecule has 0 atom stereocenters. The van der Waals surface area contributed by atoms with E-state index in [2.05, 4.69) is 25.9 Å². The topological polar surface area (TPSA) is 95.2 Å². The molecule has 0 amide bonds. The number of anilines is 1. The molecule has 2 aromatic heterocycles. The van der Waals surface area contributed by atoms with Gasteiger partial charge in [0.15, 0.2) is 10.4 Å². The van der Waals surface area contributed by atoms with Crippen molar-refractivity contribution in [2.24, 2.45) is 0 Å². The van der Waals surface area contributed by atoms with Gasteiger partial charge in [-0.1, -0.05) is 0 Å². The normalized spacial score (nSPS) is 15.0. The molecule has 1 saturated heterocycles. The SMILES string of the molecule is N#Cc1c(-c2ccc(Br)o2)nc(N2CCOCC2)[nH]c1=O. The molecular weight excluding hydrogens is 340 g/mol. The van der Waals surface area contributed by atoms with Crippen LogP contribution in [0.25, 0.3) is 11.5 Å². The molecule has 0 bridgehead atoms. The number of aromatic nitrogens is 2. The largest absolute Gasteiger partial charge is 0.448 e. The van der Waals surface area contributed by atoms with Crippen LogP contribution in [0.3, 0.4) is 0 Å². The van der Waals surface area contributed by atoms with Crippen LogP contribution in [-0.4, -0.2) is 36.3 Å². The van der Waals surface area contributed by atoms with Crippen molar-refractivity contribution in [1.29, 1.82) is 5.26 Å². The Morgan fingerprint density at radius 3 is 2.76 bits per heavy atom. The molecule has 1 aliphatic rings. The lowest BCUT2D eigenvalue weighted by Gasteiger charge is -2.27. The minimum atomic E-state index is -0.475. The zero-order valence-corrected chi connectivity index (χ0v) is 12.5. The maximum absolute atomic E-state index is 12.1. The molecule has 2 aromatic rings. The minimum absolute atomic E-state index is 0.0612. The van der Waals surface area contributed by atoms with Crippen molar-refractivity contribution in [2.75, 3.05) is 31.2 Å². The van der Waals surface area contributed by atoms with Crippen molar-refractivity contribution >= 4 is 21.9 Å². The first-order valence-electron chi connectivity index (χ1n) is 6.32. The van der Waals surface area contributed by atoms with E-state index in [0.717, 1.165) is 0 Å². The Hall–Kier alpha value is -2.11. The molecule has 1 fully saturated rings. The molecule has 21 heavy (non-hydrogen) atoms. The van der Waals surface area contributed by atoms with Crippen molar-refractivity contribution < 1.29 is 9.15 Å². The van der Waals surface area contributed by atoms with Gasteiger partial charge in [-0.25, -0.2) is 4.98 Å². The highest BCUT2D eigenvalue weighted by atomic mass is 79.9. The van der Waals surface area contributed by atoms with Crippen LogP contribution in [0, 0.1) is 11.3 Å². The van der Waals surface area contributed by atoms with Crippen molar-refractivity contribution in [3.8, 4) is 17.5 Å². The van der Waals surface area contributed by atoms with E-state index in [0.29, 0.717) is 42.7 Å². The van der Waals surface area contributed by atoms with Gasteiger partial charge in [-0.2, -0.15) is 5.26 Å².